The van der Waals surface area contributed by atoms with E-state index in [1.807, 2.05) is 12.5 Å². The molecule has 7 heteroatoms. The summed E-state index contributed by atoms with van der Waals surface area (Å²) in [7, 11) is 0. The molecule has 180 valence electrons. The number of hydrogen-bond acceptors (Lipinski definition) is 4. The van der Waals surface area contributed by atoms with Crippen molar-refractivity contribution in [3.8, 4) is 17.3 Å². The number of imidazole rings is 1. The summed E-state index contributed by atoms with van der Waals surface area (Å²) in [5.41, 5.74) is 6.03. The molecule has 1 aromatic heterocycles. The normalized spacial score (nSPS) is 29.3. The largest absolute Gasteiger partial charge is 0.393 e. The van der Waals surface area contributed by atoms with Gasteiger partial charge in [-0.3, -0.25) is 0 Å². The number of carbonyl (C=O) groups excluding carboxylic acids is 1. The molecule has 1 aliphatic heterocycles. The van der Waals surface area contributed by atoms with Gasteiger partial charge in [-0.15, -0.1) is 0 Å². The van der Waals surface area contributed by atoms with Crippen molar-refractivity contribution in [3.63, 3.8) is 0 Å². The van der Waals surface area contributed by atoms with E-state index in [4.69, 9.17) is 5.26 Å². The van der Waals surface area contributed by atoms with E-state index >= 15 is 0 Å². The number of allylic oxidation sites excluding steroid dienone is 1. The third-order valence-electron chi connectivity index (χ3n) is 8.89. The molecule has 4 bridgehead atoms. The smallest absolute Gasteiger partial charge is 0.319 e. The Balaban J connectivity index is 1.04. The van der Waals surface area contributed by atoms with Gasteiger partial charge in [0.1, 0.15) is 0 Å². The molecule has 2 amide bonds. The maximum absolute atomic E-state index is 12.8. The van der Waals surface area contributed by atoms with Crippen LogP contribution in [-0.2, 0) is 0 Å². The molecule has 0 spiro atoms. The first-order valence-corrected chi connectivity index (χ1v) is 12.6. The SMILES string of the molecule is N#Cc1ccc(NC(=O)NC23CC=C4C(C2)C(C(O)CC2c5ccccc5-c5cncn52)C4C3)cc1. The zero-order valence-corrected chi connectivity index (χ0v) is 19.8. The van der Waals surface area contributed by atoms with Crippen molar-refractivity contribution in [2.75, 3.05) is 5.32 Å². The Morgan fingerprint density at radius 3 is 2.75 bits per heavy atom. The van der Waals surface area contributed by atoms with Crippen LogP contribution in [-0.4, -0.2) is 32.3 Å². The lowest BCUT2D eigenvalue weighted by Gasteiger charge is -2.63. The number of aliphatic hydroxyl groups excluding tert-OH is 1. The number of urea groups is 1. The molecule has 9 rings (SSSR count). The maximum Gasteiger partial charge on any atom is 0.319 e. The molecule has 36 heavy (non-hydrogen) atoms. The summed E-state index contributed by atoms with van der Waals surface area (Å²) in [5, 5.41) is 26.6. The number of nitrogens with one attached hydrogen (secondary N) is 2. The lowest BCUT2D eigenvalue weighted by atomic mass is 9.44. The summed E-state index contributed by atoms with van der Waals surface area (Å²) in [6, 6.07) is 17.3. The predicted octanol–water partition coefficient (Wildman–Crippen LogP) is 4.62. The Morgan fingerprint density at radius 2 is 1.97 bits per heavy atom. The zero-order valence-electron chi connectivity index (χ0n) is 19.8. The number of benzene rings is 2. The molecule has 2 heterocycles. The second-order valence-electron chi connectivity index (χ2n) is 10.7. The average molecular weight is 478 g/mol. The number of rotatable bonds is 5. The number of nitrogens with zero attached hydrogens (tertiary/aromatic N) is 3. The average Bonchev–Trinajstić information content (AvgIpc) is 3.47. The molecule has 3 aromatic rings. The van der Waals surface area contributed by atoms with Crippen molar-refractivity contribution in [1.82, 2.24) is 14.9 Å². The van der Waals surface area contributed by atoms with Crippen LogP contribution in [0.5, 0.6) is 0 Å². The van der Waals surface area contributed by atoms with Crippen molar-refractivity contribution in [1.29, 1.82) is 5.26 Å². The van der Waals surface area contributed by atoms with Crippen LogP contribution in [0.2, 0.25) is 0 Å². The molecule has 7 nitrogen and oxygen atoms in total. The Kier molecular flexibility index (Phi) is 4.64. The molecule has 0 radical (unpaired) electrons. The summed E-state index contributed by atoms with van der Waals surface area (Å²) in [6.45, 7) is 0. The lowest BCUT2D eigenvalue weighted by Crippen LogP contribution is -2.65. The topological polar surface area (TPSA) is 103 Å². The molecular weight excluding hydrogens is 450 g/mol. The van der Waals surface area contributed by atoms with E-state index in [0.717, 1.165) is 25.0 Å². The van der Waals surface area contributed by atoms with Crippen LogP contribution in [0.15, 0.2) is 72.7 Å². The van der Waals surface area contributed by atoms with Crippen molar-refractivity contribution >= 4 is 11.7 Å². The summed E-state index contributed by atoms with van der Waals surface area (Å²) in [5.74, 6) is 0.871. The number of aliphatic hydroxyl groups is 1. The van der Waals surface area contributed by atoms with Gasteiger partial charge in [0.25, 0.3) is 0 Å². The Bertz CT molecular complexity index is 1420. The van der Waals surface area contributed by atoms with Gasteiger partial charge in [0.05, 0.1) is 42.0 Å². The molecule has 6 aliphatic rings. The van der Waals surface area contributed by atoms with Crippen LogP contribution < -0.4 is 10.6 Å². The minimum Gasteiger partial charge on any atom is -0.393 e. The first-order valence-electron chi connectivity index (χ1n) is 12.6. The number of amides is 2. The molecule has 0 saturated heterocycles. The van der Waals surface area contributed by atoms with Crippen molar-refractivity contribution in [2.24, 2.45) is 17.8 Å². The van der Waals surface area contributed by atoms with Gasteiger partial charge in [0.15, 0.2) is 0 Å². The maximum atomic E-state index is 12.8. The quantitative estimate of drug-likeness (QED) is 0.467. The highest BCUT2D eigenvalue weighted by Gasteiger charge is 2.61. The second-order valence-corrected chi connectivity index (χ2v) is 10.7. The van der Waals surface area contributed by atoms with Gasteiger partial charge < -0.3 is 20.3 Å². The molecule has 3 fully saturated rings. The standard InChI is InChI=1S/C29H27N5O2/c30-14-17-5-7-18(8-6-17)32-28(36)33-29-10-9-19-22(12-29)27(23(19)13-29)26(35)11-24-20-3-1-2-4-21(20)25-15-31-16-34(24)25/h1-9,15-16,22-24,26-27,35H,10-13H2,(H2,32,33,36). The molecule has 2 aromatic carbocycles. The van der Waals surface area contributed by atoms with E-state index in [2.05, 4.69) is 56.6 Å². The number of anilines is 1. The number of hydrogen-bond donors (Lipinski definition) is 3. The Labute approximate surface area is 209 Å². The highest BCUT2D eigenvalue weighted by atomic mass is 16.3. The van der Waals surface area contributed by atoms with Crippen molar-refractivity contribution < 1.29 is 9.90 Å². The van der Waals surface area contributed by atoms with Crippen LogP contribution in [0.1, 0.15) is 42.9 Å². The highest BCUT2D eigenvalue weighted by Crippen LogP contribution is 2.63. The van der Waals surface area contributed by atoms with Crippen LogP contribution >= 0.6 is 0 Å². The first kappa shape index (κ1) is 21.4. The highest BCUT2D eigenvalue weighted by molar-refractivity contribution is 5.90. The van der Waals surface area contributed by atoms with E-state index in [1.165, 1.54) is 16.7 Å². The Hall–Kier alpha value is -3.89. The third-order valence-corrected chi connectivity index (χ3v) is 8.89. The molecule has 3 saturated carbocycles. The number of nitriles is 1. The van der Waals surface area contributed by atoms with Crippen LogP contribution in [0.3, 0.4) is 0 Å². The van der Waals surface area contributed by atoms with Gasteiger partial charge in [-0.25, -0.2) is 9.78 Å². The van der Waals surface area contributed by atoms with E-state index in [9.17, 15) is 9.90 Å². The van der Waals surface area contributed by atoms with Gasteiger partial charge in [0, 0.05) is 16.8 Å². The molecule has 3 N–H and O–H groups in total. The summed E-state index contributed by atoms with van der Waals surface area (Å²) in [4.78, 5) is 17.2. The molecule has 5 aliphatic carbocycles. The summed E-state index contributed by atoms with van der Waals surface area (Å²) < 4.78 is 2.20. The zero-order chi connectivity index (χ0) is 24.4. The summed E-state index contributed by atoms with van der Waals surface area (Å²) >= 11 is 0. The minimum atomic E-state index is -0.410. The van der Waals surface area contributed by atoms with Gasteiger partial charge in [-0.2, -0.15) is 5.26 Å². The predicted molar refractivity (Wildman–Crippen MR) is 135 cm³/mol. The van der Waals surface area contributed by atoms with Gasteiger partial charge in [-0.1, -0.05) is 35.9 Å². The molecule has 4 unspecified atom stereocenters. The third kappa shape index (κ3) is 3.14. The summed E-state index contributed by atoms with van der Waals surface area (Å²) in [6.07, 6.45) is 8.93. The molecule has 4 atom stereocenters. The fourth-order valence-electron chi connectivity index (χ4n) is 7.38. The van der Waals surface area contributed by atoms with Gasteiger partial charge in [-0.05, 0) is 73.3 Å². The van der Waals surface area contributed by atoms with E-state index < -0.39 is 6.10 Å². The fourth-order valence-corrected chi connectivity index (χ4v) is 7.38. The van der Waals surface area contributed by atoms with E-state index in [1.54, 1.807) is 24.3 Å². The lowest BCUT2D eigenvalue weighted by molar-refractivity contribution is -0.0662. The van der Waals surface area contributed by atoms with Crippen molar-refractivity contribution in [3.05, 3.63) is 83.8 Å². The van der Waals surface area contributed by atoms with Crippen LogP contribution in [0.25, 0.3) is 11.3 Å². The minimum absolute atomic E-state index is 0.103. The number of aromatic nitrogens is 2. The second kappa shape index (κ2) is 7.81. The Morgan fingerprint density at radius 1 is 1.19 bits per heavy atom. The molecular formula is C29H27N5O2. The van der Waals surface area contributed by atoms with Crippen LogP contribution in [0.4, 0.5) is 10.5 Å². The van der Waals surface area contributed by atoms with Gasteiger partial charge >= 0.3 is 6.03 Å². The number of carbonyl (C=O) groups is 1. The monoisotopic (exact) mass is 477 g/mol. The van der Waals surface area contributed by atoms with E-state index in [0.29, 0.717) is 29.5 Å². The van der Waals surface area contributed by atoms with Crippen molar-refractivity contribution in [2.45, 2.75) is 43.4 Å². The van der Waals surface area contributed by atoms with E-state index in [-0.39, 0.29) is 23.5 Å². The van der Waals surface area contributed by atoms with Crippen LogP contribution in [0, 0.1) is 29.1 Å². The number of fused-ring (bicyclic) bond motifs is 4. The van der Waals surface area contributed by atoms with Gasteiger partial charge in [0.2, 0.25) is 0 Å². The first-order chi connectivity index (χ1) is 17.5. The fraction of sp³-hybridized carbons (Fsp3) is 0.345.